The fourth-order valence-corrected chi connectivity index (χ4v) is 2.05. The molecule has 0 atom stereocenters. The van der Waals surface area contributed by atoms with E-state index in [9.17, 15) is 14.0 Å². The molecular weight excluding hydrogens is 341 g/mol. The van der Waals surface area contributed by atoms with Crippen molar-refractivity contribution in [1.29, 1.82) is 5.41 Å². The van der Waals surface area contributed by atoms with Crippen LogP contribution in [0.4, 0.5) is 10.1 Å². The monoisotopic (exact) mass is 357 g/mol. The van der Waals surface area contributed by atoms with Crippen molar-refractivity contribution < 1.29 is 23.8 Å². The summed E-state index contributed by atoms with van der Waals surface area (Å²) in [5.74, 6) is -1.98. The summed E-state index contributed by atoms with van der Waals surface area (Å²) < 4.78 is 18.0. The van der Waals surface area contributed by atoms with Crippen LogP contribution in [0.5, 0.6) is 5.75 Å². The molecule has 2 aromatic rings. The zero-order valence-corrected chi connectivity index (χ0v) is 13.5. The van der Waals surface area contributed by atoms with E-state index < -0.39 is 24.2 Å². The van der Waals surface area contributed by atoms with Gasteiger partial charge in [-0.15, -0.1) is 0 Å². The molecule has 0 saturated carbocycles. The van der Waals surface area contributed by atoms with Crippen molar-refractivity contribution in [2.24, 2.45) is 5.73 Å². The van der Waals surface area contributed by atoms with Crippen LogP contribution in [0.2, 0.25) is 0 Å². The van der Waals surface area contributed by atoms with E-state index in [4.69, 9.17) is 21.0 Å². The maximum Gasteiger partial charge on any atom is 0.341 e. The number of carboxylic acid groups (broad SMARTS) is 1. The Morgan fingerprint density at radius 3 is 2.54 bits per heavy atom. The molecule has 8 heteroatoms. The van der Waals surface area contributed by atoms with Gasteiger partial charge in [0.2, 0.25) is 0 Å². The Labute approximate surface area is 148 Å². The van der Waals surface area contributed by atoms with Gasteiger partial charge in [0.25, 0.3) is 0 Å². The summed E-state index contributed by atoms with van der Waals surface area (Å²) in [5, 5.41) is 18.8. The first kappa shape index (κ1) is 18.7. The lowest BCUT2D eigenvalue weighted by atomic mass is 10.0. The van der Waals surface area contributed by atoms with Crippen LogP contribution in [-0.4, -0.2) is 29.7 Å². The van der Waals surface area contributed by atoms with Crippen LogP contribution < -0.4 is 15.8 Å². The highest BCUT2D eigenvalue weighted by Gasteiger charge is 2.15. The van der Waals surface area contributed by atoms with Crippen LogP contribution in [0.25, 0.3) is 0 Å². The number of rotatable bonds is 8. The highest BCUT2D eigenvalue weighted by molar-refractivity contribution is 6.21. The van der Waals surface area contributed by atoms with Gasteiger partial charge in [-0.1, -0.05) is 12.1 Å². The van der Waals surface area contributed by atoms with Gasteiger partial charge in [0.05, 0.1) is 5.57 Å². The highest BCUT2D eigenvalue weighted by Crippen LogP contribution is 2.18. The molecule has 0 aliphatic heterocycles. The van der Waals surface area contributed by atoms with Gasteiger partial charge >= 0.3 is 5.97 Å². The molecule has 0 unspecified atom stereocenters. The lowest BCUT2D eigenvalue weighted by molar-refractivity contribution is -0.139. The van der Waals surface area contributed by atoms with Crippen LogP contribution in [-0.2, 0) is 4.79 Å². The summed E-state index contributed by atoms with van der Waals surface area (Å²) in [6, 6.07) is 11.2. The van der Waals surface area contributed by atoms with Gasteiger partial charge < -0.3 is 26.3 Å². The van der Waals surface area contributed by atoms with Crippen molar-refractivity contribution in [3.05, 3.63) is 71.3 Å². The fraction of sp³-hybridized carbons (Fsp3) is 0.0556. The predicted octanol–water partition coefficient (Wildman–Crippen LogP) is 2.40. The van der Waals surface area contributed by atoms with Gasteiger partial charge in [-0.3, -0.25) is 4.79 Å². The summed E-state index contributed by atoms with van der Waals surface area (Å²) in [7, 11) is 0. The van der Waals surface area contributed by atoms with Crippen molar-refractivity contribution in [1.82, 2.24) is 0 Å². The van der Waals surface area contributed by atoms with E-state index in [1.54, 1.807) is 0 Å². The van der Waals surface area contributed by atoms with Gasteiger partial charge in [-0.2, -0.15) is 0 Å². The van der Waals surface area contributed by atoms with Gasteiger partial charge in [0.15, 0.2) is 12.4 Å². The number of hydrogen-bond acceptors (Lipinski definition) is 6. The van der Waals surface area contributed by atoms with Gasteiger partial charge in [-0.05, 0) is 36.4 Å². The zero-order chi connectivity index (χ0) is 19.1. The molecule has 0 aromatic heterocycles. The Morgan fingerprint density at radius 1 is 1.23 bits per heavy atom. The molecular formula is C18H16FN3O4. The van der Waals surface area contributed by atoms with E-state index in [2.05, 4.69) is 5.32 Å². The molecule has 2 aromatic carbocycles. The van der Waals surface area contributed by atoms with E-state index in [1.807, 2.05) is 0 Å². The number of allylic oxidation sites excluding steroid dienone is 1. The Balaban J connectivity index is 2.24. The molecule has 0 fully saturated rings. The third kappa shape index (κ3) is 4.91. The molecule has 5 N–H and O–H groups in total. The van der Waals surface area contributed by atoms with Crippen LogP contribution in [0.1, 0.15) is 10.4 Å². The highest BCUT2D eigenvalue weighted by atomic mass is 19.1. The number of carbonyl (C=O) groups is 2. The summed E-state index contributed by atoms with van der Waals surface area (Å²) in [5.41, 5.74) is 6.39. The minimum atomic E-state index is -1.14. The maximum absolute atomic E-state index is 12.9. The van der Waals surface area contributed by atoms with Crippen molar-refractivity contribution in [3.63, 3.8) is 0 Å². The van der Waals surface area contributed by atoms with Crippen LogP contribution in [0.3, 0.4) is 0 Å². The minimum absolute atomic E-state index is 0.0755. The third-order valence-electron chi connectivity index (χ3n) is 3.26. The van der Waals surface area contributed by atoms with Crippen molar-refractivity contribution in [3.8, 4) is 5.75 Å². The Morgan fingerprint density at radius 2 is 1.92 bits per heavy atom. The molecule has 0 bridgehead atoms. The second-order valence-corrected chi connectivity index (χ2v) is 5.14. The number of aliphatic carboxylic acids is 1. The molecule has 0 heterocycles. The molecule has 26 heavy (non-hydrogen) atoms. The second kappa shape index (κ2) is 8.43. The number of benzene rings is 2. The third-order valence-corrected chi connectivity index (χ3v) is 3.26. The number of hydrogen-bond donors (Lipinski definition) is 4. The van der Waals surface area contributed by atoms with E-state index in [0.717, 1.165) is 6.21 Å². The number of nitrogens with two attached hydrogens (primary N) is 1. The molecule has 0 amide bonds. The second-order valence-electron chi connectivity index (χ2n) is 5.14. The van der Waals surface area contributed by atoms with E-state index >= 15 is 0 Å². The van der Waals surface area contributed by atoms with E-state index in [0.29, 0.717) is 5.69 Å². The van der Waals surface area contributed by atoms with Crippen LogP contribution >= 0.6 is 0 Å². The number of carboxylic acids is 1. The first-order chi connectivity index (χ1) is 12.4. The number of ketones is 1. The molecule has 0 aliphatic carbocycles. The predicted molar refractivity (Wildman–Crippen MR) is 93.9 cm³/mol. The molecule has 0 spiro atoms. The standard InChI is InChI=1S/C18H16FN3O4/c19-12-4-6-13(7-5-12)22-18(21)15(9-20)17(25)11-2-1-3-14(8-11)26-10-16(23)24/h1-9,20,22H,10,21H2,(H,23,24)/b18-15+,20-9?. The average molecular weight is 357 g/mol. The molecule has 7 nitrogen and oxygen atoms in total. The summed E-state index contributed by atoms with van der Waals surface area (Å²) in [6.07, 6.45) is 0.805. The first-order valence-corrected chi connectivity index (χ1v) is 7.43. The summed E-state index contributed by atoms with van der Waals surface area (Å²) >= 11 is 0. The number of carbonyl (C=O) groups excluding carboxylic acids is 1. The molecule has 0 radical (unpaired) electrons. The maximum atomic E-state index is 12.9. The summed E-state index contributed by atoms with van der Waals surface area (Å²) in [4.78, 5) is 23.1. The SMILES string of the molecule is N=C/C(C(=O)c1cccc(OCC(=O)O)c1)=C(/N)Nc1ccc(F)cc1. The lowest BCUT2D eigenvalue weighted by Gasteiger charge is -2.11. The summed E-state index contributed by atoms with van der Waals surface area (Å²) in [6.45, 7) is -0.542. The normalized spacial score (nSPS) is 11.3. The van der Waals surface area contributed by atoms with Crippen molar-refractivity contribution >= 4 is 23.7 Å². The quantitative estimate of drug-likeness (QED) is 0.327. The molecule has 0 saturated heterocycles. The largest absolute Gasteiger partial charge is 0.482 e. The smallest absolute Gasteiger partial charge is 0.341 e. The minimum Gasteiger partial charge on any atom is -0.482 e. The Hall–Kier alpha value is -3.68. The van der Waals surface area contributed by atoms with Crippen LogP contribution in [0, 0.1) is 11.2 Å². The molecule has 0 aliphatic rings. The van der Waals surface area contributed by atoms with Gasteiger partial charge in [0.1, 0.15) is 17.4 Å². The van der Waals surface area contributed by atoms with E-state index in [-0.39, 0.29) is 22.7 Å². The Bertz CT molecular complexity index is 863. The lowest BCUT2D eigenvalue weighted by Crippen LogP contribution is -2.18. The number of ether oxygens (including phenoxy) is 1. The van der Waals surface area contributed by atoms with Gasteiger partial charge in [0, 0.05) is 17.5 Å². The van der Waals surface area contributed by atoms with Crippen molar-refractivity contribution in [2.45, 2.75) is 0 Å². The van der Waals surface area contributed by atoms with Crippen LogP contribution in [0.15, 0.2) is 59.9 Å². The topological polar surface area (TPSA) is 126 Å². The zero-order valence-electron chi connectivity index (χ0n) is 13.5. The number of nitrogens with one attached hydrogen (secondary N) is 2. The average Bonchev–Trinajstić information content (AvgIpc) is 2.62. The fourth-order valence-electron chi connectivity index (χ4n) is 2.05. The van der Waals surface area contributed by atoms with Crippen molar-refractivity contribution in [2.75, 3.05) is 11.9 Å². The molecule has 2 rings (SSSR count). The molecule has 134 valence electrons. The number of anilines is 1. The van der Waals surface area contributed by atoms with Gasteiger partial charge in [-0.25, -0.2) is 9.18 Å². The number of halogens is 1. The Kier molecular flexibility index (Phi) is 6.05. The number of Topliss-reactive ketones (excluding diaryl/α,β-unsaturated/α-hetero) is 1. The first-order valence-electron chi connectivity index (χ1n) is 7.43. The van der Waals surface area contributed by atoms with E-state index in [1.165, 1.54) is 48.5 Å².